The third kappa shape index (κ3) is 4.90. The maximum absolute atomic E-state index is 12.1. The molecule has 8 heteroatoms. The Morgan fingerprint density at radius 1 is 1.04 bits per heavy atom. The summed E-state index contributed by atoms with van der Waals surface area (Å²) in [6.07, 6.45) is 1.35. The van der Waals surface area contributed by atoms with E-state index < -0.39 is 9.84 Å². The Labute approximate surface area is 155 Å². The number of amides is 1. The van der Waals surface area contributed by atoms with Crippen LogP contribution in [-0.4, -0.2) is 25.6 Å². The van der Waals surface area contributed by atoms with E-state index in [0.29, 0.717) is 10.8 Å². The first-order chi connectivity index (χ1) is 12.4. The number of carbonyl (C=O) groups excluding carboxylic acids is 1. The number of sulfone groups is 1. The lowest BCUT2D eigenvalue weighted by molar-refractivity contribution is -0.115. The largest absolute Gasteiger partial charge is 0.332 e. The molecule has 3 aromatic rings. The molecule has 0 fully saturated rings. The molecule has 3 rings (SSSR count). The number of carbonyl (C=O) groups is 1. The molecule has 2 N–H and O–H groups in total. The van der Waals surface area contributed by atoms with Gasteiger partial charge in [-0.25, -0.2) is 13.4 Å². The summed E-state index contributed by atoms with van der Waals surface area (Å²) in [6, 6.07) is 15.7. The molecule has 0 radical (unpaired) electrons. The van der Waals surface area contributed by atoms with Crippen molar-refractivity contribution < 1.29 is 13.2 Å². The van der Waals surface area contributed by atoms with E-state index in [2.05, 4.69) is 15.6 Å². The summed E-state index contributed by atoms with van der Waals surface area (Å²) in [6.45, 7) is 0. The maximum Gasteiger partial charge on any atom is 0.230 e. The van der Waals surface area contributed by atoms with Crippen molar-refractivity contribution in [1.29, 1.82) is 0 Å². The first-order valence-electron chi connectivity index (χ1n) is 7.76. The van der Waals surface area contributed by atoms with Crippen LogP contribution in [0, 0.1) is 0 Å². The average molecular weight is 387 g/mol. The second kappa shape index (κ2) is 7.67. The van der Waals surface area contributed by atoms with Gasteiger partial charge in [-0.05, 0) is 36.4 Å². The smallest absolute Gasteiger partial charge is 0.230 e. The Kier molecular flexibility index (Phi) is 5.34. The number of thiazole rings is 1. The number of aromatic nitrogens is 1. The van der Waals surface area contributed by atoms with Crippen molar-refractivity contribution in [2.45, 2.75) is 11.3 Å². The van der Waals surface area contributed by atoms with Crippen molar-refractivity contribution in [2.24, 2.45) is 0 Å². The molecule has 26 heavy (non-hydrogen) atoms. The molecular formula is C18H17N3O3S2. The molecule has 0 saturated heterocycles. The van der Waals surface area contributed by atoms with Gasteiger partial charge in [0.05, 0.1) is 17.0 Å². The monoisotopic (exact) mass is 387 g/mol. The molecule has 2 aromatic carbocycles. The Morgan fingerprint density at radius 2 is 1.73 bits per heavy atom. The fraction of sp³-hybridized carbons (Fsp3) is 0.111. The van der Waals surface area contributed by atoms with E-state index in [1.807, 2.05) is 35.7 Å². The molecule has 0 bridgehead atoms. The summed E-state index contributed by atoms with van der Waals surface area (Å²) in [7, 11) is -3.21. The lowest BCUT2D eigenvalue weighted by atomic mass is 10.3. The van der Waals surface area contributed by atoms with Gasteiger partial charge < -0.3 is 10.6 Å². The van der Waals surface area contributed by atoms with E-state index in [1.165, 1.54) is 17.6 Å². The van der Waals surface area contributed by atoms with Crippen LogP contribution in [0.5, 0.6) is 0 Å². The molecule has 0 spiro atoms. The second-order valence-electron chi connectivity index (χ2n) is 5.66. The highest BCUT2D eigenvalue weighted by molar-refractivity contribution is 7.90. The van der Waals surface area contributed by atoms with Crippen LogP contribution in [0.1, 0.15) is 5.69 Å². The zero-order chi connectivity index (χ0) is 18.6. The van der Waals surface area contributed by atoms with Gasteiger partial charge in [0.25, 0.3) is 0 Å². The van der Waals surface area contributed by atoms with Gasteiger partial charge in [-0.1, -0.05) is 18.2 Å². The SMILES string of the molecule is CS(=O)(=O)c1ccc(Nc2nc(CC(=O)Nc3ccccc3)cs2)cc1. The number of anilines is 3. The van der Waals surface area contributed by atoms with Gasteiger partial charge >= 0.3 is 0 Å². The zero-order valence-electron chi connectivity index (χ0n) is 14.0. The van der Waals surface area contributed by atoms with Crippen molar-refractivity contribution in [3.05, 3.63) is 65.7 Å². The fourth-order valence-corrected chi connectivity index (χ4v) is 3.61. The van der Waals surface area contributed by atoms with Crippen LogP contribution >= 0.6 is 11.3 Å². The van der Waals surface area contributed by atoms with E-state index in [4.69, 9.17) is 0 Å². The van der Waals surface area contributed by atoms with Gasteiger partial charge in [-0.2, -0.15) is 0 Å². The number of nitrogens with zero attached hydrogens (tertiary/aromatic N) is 1. The van der Waals surface area contributed by atoms with E-state index in [1.54, 1.807) is 24.3 Å². The molecule has 6 nitrogen and oxygen atoms in total. The normalized spacial score (nSPS) is 11.1. The molecule has 0 aliphatic heterocycles. The van der Waals surface area contributed by atoms with Gasteiger partial charge in [0.2, 0.25) is 5.91 Å². The van der Waals surface area contributed by atoms with Crippen molar-refractivity contribution in [1.82, 2.24) is 4.98 Å². The molecule has 1 aromatic heterocycles. The number of benzene rings is 2. The molecule has 0 aliphatic carbocycles. The summed E-state index contributed by atoms with van der Waals surface area (Å²) in [5.74, 6) is -0.134. The molecule has 1 amide bonds. The van der Waals surface area contributed by atoms with Crippen molar-refractivity contribution in [3.8, 4) is 0 Å². The van der Waals surface area contributed by atoms with E-state index in [-0.39, 0.29) is 17.2 Å². The molecule has 0 atom stereocenters. The lowest BCUT2D eigenvalue weighted by Crippen LogP contribution is -2.14. The van der Waals surface area contributed by atoms with Gasteiger partial charge in [-0.15, -0.1) is 11.3 Å². The highest BCUT2D eigenvalue weighted by Crippen LogP contribution is 2.22. The molecular weight excluding hydrogens is 370 g/mol. The molecule has 1 heterocycles. The van der Waals surface area contributed by atoms with Gasteiger partial charge in [0.15, 0.2) is 15.0 Å². The summed E-state index contributed by atoms with van der Waals surface area (Å²) in [5, 5.41) is 8.38. The zero-order valence-corrected chi connectivity index (χ0v) is 15.6. The number of para-hydroxylation sites is 1. The molecule has 0 aliphatic rings. The summed E-state index contributed by atoms with van der Waals surface area (Å²) in [5.41, 5.74) is 2.14. The predicted octanol–water partition coefficient (Wildman–Crippen LogP) is 3.47. The van der Waals surface area contributed by atoms with Crippen molar-refractivity contribution in [3.63, 3.8) is 0 Å². The van der Waals surface area contributed by atoms with Crippen LogP contribution < -0.4 is 10.6 Å². The molecule has 0 saturated carbocycles. The lowest BCUT2D eigenvalue weighted by Gasteiger charge is -2.04. The fourth-order valence-electron chi connectivity index (χ4n) is 2.25. The second-order valence-corrected chi connectivity index (χ2v) is 8.53. The maximum atomic E-state index is 12.1. The Morgan fingerprint density at radius 3 is 2.38 bits per heavy atom. The quantitative estimate of drug-likeness (QED) is 0.676. The topological polar surface area (TPSA) is 88.2 Å². The summed E-state index contributed by atoms with van der Waals surface area (Å²) >= 11 is 1.38. The van der Waals surface area contributed by atoms with Gasteiger partial charge in [0, 0.05) is 23.0 Å². The minimum atomic E-state index is -3.21. The van der Waals surface area contributed by atoms with Gasteiger partial charge in [0.1, 0.15) is 0 Å². The van der Waals surface area contributed by atoms with Crippen LogP contribution in [-0.2, 0) is 21.1 Å². The van der Waals surface area contributed by atoms with E-state index in [0.717, 1.165) is 11.4 Å². The van der Waals surface area contributed by atoms with Crippen molar-refractivity contribution >= 4 is 43.6 Å². The first-order valence-corrected chi connectivity index (χ1v) is 10.5. The highest BCUT2D eigenvalue weighted by atomic mass is 32.2. The van der Waals surface area contributed by atoms with Gasteiger partial charge in [-0.3, -0.25) is 4.79 Å². The van der Waals surface area contributed by atoms with Crippen LogP contribution in [0.2, 0.25) is 0 Å². The Hall–Kier alpha value is -2.71. The Bertz CT molecular complexity index is 998. The average Bonchev–Trinajstić information content (AvgIpc) is 3.02. The minimum absolute atomic E-state index is 0.134. The van der Waals surface area contributed by atoms with Crippen LogP contribution in [0.15, 0.2) is 64.9 Å². The third-order valence-electron chi connectivity index (χ3n) is 3.48. The summed E-state index contributed by atoms with van der Waals surface area (Å²) < 4.78 is 22.9. The van der Waals surface area contributed by atoms with Crippen LogP contribution in [0.3, 0.4) is 0 Å². The predicted molar refractivity (Wildman–Crippen MR) is 104 cm³/mol. The number of hydrogen-bond acceptors (Lipinski definition) is 6. The molecule has 134 valence electrons. The number of rotatable bonds is 6. The van der Waals surface area contributed by atoms with Crippen molar-refractivity contribution in [2.75, 3.05) is 16.9 Å². The van der Waals surface area contributed by atoms with E-state index >= 15 is 0 Å². The highest BCUT2D eigenvalue weighted by Gasteiger charge is 2.09. The number of nitrogens with one attached hydrogen (secondary N) is 2. The molecule has 0 unspecified atom stereocenters. The van der Waals surface area contributed by atoms with E-state index in [9.17, 15) is 13.2 Å². The van der Waals surface area contributed by atoms with Crippen LogP contribution in [0.25, 0.3) is 0 Å². The Balaban J connectivity index is 1.60. The first kappa shape index (κ1) is 18.1. The van der Waals surface area contributed by atoms with Crippen LogP contribution in [0.4, 0.5) is 16.5 Å². The standard InChI is InChI=1S/C18H17N3O3S2/c1-26(23,24)16-9-7-14(8-10-16)20-18-21-15(12-25-18)11-17(22)19-13-5-3-2-4-6-13/h2-10,12H,11H2,1H3,(H,19,22)(H,20,21). The third-order valence-corrected chi connectivity index (χ3v) is 5.42. The summed E-state index contributed by atoms with van der Waals surface area (Å²) in [4.78, 5) is 16.7. The minimum Gasteiger partial charge on any atom is -0.332 e. The number of hydrogen-bond donors (Lipinski definition) is 2.